The summed E-state index contributed by atoms with van der Waals surface area (Å²) < 4.78 is 13.3. The third-order valence-electron chi connectivity index (χ3n) is 4.83. The highest BCUT2D eigenvalue weighted by atomic mass is 16.5. The molecule has 0 bridgehead atoms. The second kappa shape index (κ2) is 8.53. The van der Waals surface area contributed by atoms with Crippen molar-refractivity contribution in [2.24, 2.45) is 12.1 Å². The molecule has 2 atom stereocenters. The molecule has 1 fully saturated rings. The molecular weight excluding hydrogens is 366 g/mol. The third-order valence-corrected chi connectivity index (χ3v) is 4.83. The maximum absolute atomic E-state index is 5.86. The summed E-state index contributed by atoms with van der Waals surface area (Å²) in [5.41, 5.74) is 7.05. The molecule has 2 aromatic rings. The molecule has 1 saturated heterocycles. The number of aromatic nitrogens is 2. The van der Waals surface area contributed by atoms with Gasteiger partial charge in [-0.1, -0.05) is 18.2 Å². The van der Waals surface area contributed by atoms with Crippen molar-refractivity contribution < 1.29 is 9.47 Å². The van der Waals surface area contributed by atoms with E-state index in [1.54, 1.807) is 10.9 Å². The first-order valence-electron chi connectivity index (χ1n) is 9.91. The van der Waals surface area contributed by atoms with Crippen LogP contribution in [0.3, 0.4) is 0 Å². The highest BCUT2D eigenvalue weighted by Gasteiger charge is 2.22. The summed E-state index contributed by atoms with van der Waals surface area (Å²) >= 11 is 0. The van der Waals surface area contributed by atoms with Crippen LogP contribution in [0.1, 0.15) is 19.4 Å². The Morgan fingerprint density at radius 3 is 2.83 bits per heavy atom. The SMILES string of the molecule is C[C@@H]1CN(c2cccc(C=C3C=CCOC3=NNc3cnn(C)c3)c2)C[C@H](C)O1. The fraction of sp³-hybridized carbons (Fsp3) is 0.364. The Labute approximate surface area is 171 Å². The van der Waals surface area contributed by atoms with Crippen molar-refractivity contribution in [3.63, 3.8) is 0 Å². The Kier molecular flexibility index (Phi) is 5.67. The average molecular weight is 393 g/mol. The predicted molar refractivity (Wildman–Crippen MR) is 116 cm³/mol. The summed E-state index contributed by atoms with van der Waals surface area (Å²) in [4.78, 5) is 2.38. The van der Waals surface area contributed by atoms with Crippen LogP contribution in [0.25, 0.3) is 6.08 Å². The lowest BCUT2D eigenvalue weighted by atomic mass is 10.1. The van der Waals surface area contributed by atoms with Crippen LogP contribution < -0.4 is 10.3 Å². The van der Waals surface area contributed by atoms with E-state index < -0.39 is 0 Å². The molecule has 0 radical (unpaired) electrons. The Morgan fingerprint density at radius 1 is 1.24 bits per heavy atom. The van der Waals surface area contributed by atoms with Crippen molar-refractivity contribution in [2.45, 2.75) is 26.1 Å². The maximum atomic E-state index is 5.86. The lowest BCUT2D eigenvalue weighted by Gasteiger charge is -2.37. The van der Waals surface area contributed by atoms with E-state index in [1.807, 2.05) is 25.4 Å². The molecule has 4 rings (SSSR count). The van der Waals surface area contributed by atoms with Gasteiger partial charge in [0.05, 0.1) is 24.1 Å². The highest BCUT2D eigenvalue weighted by molar-refractivity contribution is 6.01. The van der Waals surface area contributed by atoms with Crippen LogP contribution >= 0.6 is 0 Å². The molecule has 29 heavy (non-hydrogen) atoms. The van der Waals surface area contributed by atoms with E-state index in [4.69, 9.17) is 9.47 Å². The Balaban J connectivity index is 1.55. The van der Waals surface area contributed by atoms with Crippen molar-refractivity contribution in [3.05, 3.63) is 59.9 Å². The average Bonchev–Trinajstić information content (AvgIpc) is 3.12. The molecule has 2 aliphatic heterocycles. The van der Waals surface area contributed by atoms with Gasteiger partial charge in [-0.05, 0) is 43.7 Å². The first-order chi connectivity index (χ1) is 14.1. The van der Waals surface area contributed by atoms with Crippen LogP contribution in [0.5, 0.6) is 0 Å². The molecular formula is C22H27N5O2. The number of morpholine rings is 1. The Hall–Kier alpha value is -3.06. The van der Waals surface area contributed by atoms with Crippen molar-refractivity contribution in [3.8, 4) is 0 Å². The first kappa shape index (κ1) is 19.3. The van der Waals surface area contributed by atoms with Gasteiger partial charge in [0, 0.05) is 37.6 Å². The Bertz CT molecular complexity index is 936. The summed E-state index contributed by atoms with van der Waals surface area (Å²) in [7, 11) is 1.87. The standard InChI is InChI=1S/C22H27N5O2/c1-16-13-27(14-17(2)29-16)21-8-4-6-18(11-21)10-19-7-5-9-28-22(19)25-24-20-12-23-26(3)15-20/h4-8,10-12,15-17,24H,9,13-14H2,1-3H3/t16-,17+. The second-order valence-corrected chi connectivity index (χ2v) is 7.50. The number of nitrogens with zero attached hydrogens (tertiary/aromatic N) is 4. The first-order valence-corrected chi connectivity index (χ1v) is 9.91. The zero-order valence-corrected chi connectivity index (χ0v) is 17.1. The molecule has 152 valence electrons. The number of hydrogen-bond acceptors (Lipinski definition) is 6. The van der Waals surface area contributed by atoms with E-state index in [0.29, 0.717) is 12.5 Å². The summed E-state index contributed by atoms with van der Waals surface area (Å²) in [5, 5.41) is 8.55. The quantitative estimate of drug-likeness (QED) is 0.807. The third kappa shape index (κ3) is 4.86. The molecule has 1 N–H and O–H groups in total. The molecule has 1 aromatic carbocycles. The second-order valence-electron chi connectivity index (χ2n) is 7.50. The number of hydrazone groups is 1. The van der Waals surface area contributed by atoms with Gasteiger partial charge >= 0.3 is 0 Å². The van der Waals surface area contributed by atoms with Crippen molar-refractivity contribution in [1.29, 1.82) is 0 Å². The van der Waals surface area contributed by atoms with Crippen LogP contribution in [0.15, 0.2) is 59.5 Å². The van der Waals surface area contributed by atoms with Crippen LogP contribution in [-0.2, 0) is 16.5 Å². The lowest BCUT2D eigenvalue weighted by Crippen LogP contribution is -2.45. The minimum atomic E-state index is 0.229. The number of hydrogen-bond donors (Lipinski definition) is 1. The monoisotopic (exact) mass is 393 g/mol. The molecule has 0 unspecified atom stereocenters. The lowest BCUT2D eigenvalue weighted by molar-refractivity contribution is -0.00521. The van der Waals surface area contributed by atoms with Gasteiger partial charge in [0.2, 0.25) is 5.90 Å². The van der Waals surface area contributed by atoms with Gasteiger partial charge in [-0.15, -0.1) is 5.10 Å². The van der Waals surface area contributed by atoms with Gasteiger partial charge in [0.15, 0.2) is 0 Å². The molecule has 7 nitrogen and oxygen atoms in total. The number of anilines is 2. The van der Waals surface area contributed by atoms with Gasteiger partial charge in [-0.2, -0.15) is 5.10 Å². The van der Waals surface area contributed by atoms with Crippen molar-refractivity contribution in [2.75, 3.05) is 30.0 Å². The Morgan fingerprint density at radius 2 is 2.07 bits per heavy atom. The van der Waals surface area contributed by atoms with Crippen molar-refractivity contribution in [1.82, 2.24) is 9.78 Å². The predicted octanol–water partition coefficient (Wildman–Crippen LogP) is 3.43. The van der Waals surface area contributed by atoms with E-state index in [1.165, 1.54) is 5.69 Å². The smallest absolute Gasteiger partial charge is 0.238 e. The largest absolute Gasteiger partial charge is 0.472 e. The fourth-order valence-electron chi connectivity index (χ4n) is 3.64. The summed E-state index contributed by atoms with van der Waals surface area (Å²) in [6.45, 7) is 6.55. The van der Waals surface area contributed by atoms with Gasteiger partial charge in [0.1, 0.15) is 6.61 Å². The van der Waals surface area contributed by atoms with Gasteiger partial charge in [0.25, 0.3) is 0 Å². The molecule has 1 aromatic heterocycles. The molecule has 0 amide bonds. The zero-order valence-electron chi connectivity index (χ0n) is 17.1. The molecule has 0 aliphatic carbocycles. The highest BCUT2D eigenvalue weighted by Crippen LogP contribution is 2.23. The normalized spacial score (nSPS) is 24.7. The number of nitrogens with one attached hydrogen (secondary N) is 1. The summed E-state index contributed by atoms with van der Waals surface area (Å²) in [6, 6.07) is 8.54. The topological polar surface area (TPSA) is 63.9 Å². The van der Waals surface area contributed by atoms with E-state index in [-0.39, 0.29) is 12.2 Å². The minimum Gasteiger partial charge on any atom is -0.472 e. The van der Waals surface area contributed by atoms with E-state index >= 15 is 0 Å². The van der Waals surface area contributed by atoms with Crippen LogP contribution in [-0.4, -0.2) is 47.6 Å². The zero-order chi connectivity index (χ0) is 20.2. The molecule has 2 aliphatic rings. The number of aryl methyl sites for hydroxylation is 1. The minimum absolute atomic E-state index is 0.229. The summed E-state index contributed by atoms with van der Waals surface area (Å²) in [6.07, 6.45) is 10.2. The van der Waals surface area contributed by atoms with Crippen LogP contribution in [0.4, 0.5) is 11.4 Å². The van der Waals surface area contributed by atoms with Crippen LogP contribution in [0, 0.1) is 0 Å². The number of ether oxygens (including phenoxy) is 2. The van der Waals surface area contributed by atoms with Gasteiger partial charge < -0.3 is 14.4 Å². The van der Waals surface area contributed by atoms with E-state index in [2.05, 4.69) is 64.7 Å². The fourth-order valence-corrected chi connectivity index (χ4v) is 3.64. The molecule has 3 heterocycles. The van der Waals surface area contributed by atoms with Gasteiger partial charge in [-0.25, -0.2) is 0 Å². The van der Waals surface area contributed by atoms with Crippen molar-refractivity contribution >= 4 is 23.3 Å². The molecule has 7 heteroatoms. The maximum Gasteiger partial charge on any atom is 0.238 e. The van der Waals surface area contributed by atoms with E-state index in [0.717, 1.165) is 29.9 Å². The van der Waals surface area contributed by atoms with Crippen LogP contribution in [0.2, 0.25) is 0 Å². The van der Waals surface area contributed by atoms with Gasteiger partial charge in [-0.3, -0.25) is 10.1 Å². The number of benzene rings is 1. The molecule has 0 saturated carbocycles. The molecule has 0 spiro atoms. The summed E-state index contributed by atoms with van der Waals surface area (Å²) in [5.74, 6) is 0.565. The number of rotatable bonds is 4. The van der Waals surface area contributed by atoms with E-state index in [9.17, 15) is 0 Å².